The molecule has 0 saturated carbocycles. The highest BCUT2D eigenvalue weighted by Crippen LogP contribution is 2.45. The van der Waals surface area contributed by atoms with Crippen LogP contribution >= 0.6 is 15.6 Å². The fourth-order valence-electron chi connectivity index (χ4n) is 8.83. The van der Waals surface area contributed by atoms with Gasteiger partial charge in [0.25, 0.3) is 0 Å². The molecule has 0 amide bonds. The van der Waals surface area contributed by atoms with E-state index in [9.17, 15) is 43.2 Å². The number of carbonyl (C=O) groups is 4. The number of rotatable bonds is 66. The summed E-state index contributed by atoms with van der Waals surface area (Å²) < 4.78 is 68.1. The van der Waals surface area contributed by atoms with Crippen LogP contribution in [0.4, 0.5) is 0 Å². The van der Waals surface area contributed by atoms with Gasteiger partial charge in [-0.1, -0.05) is 244 Å². The number of hydrogen-bond donors (Lipinski definition) is 3. The van der Waals surface area contributed by atoms with Crippen LogP contribution in [0.5, 0.6) is 0 Å². The first kappa shape index (κ1) is 90.9. The van der Waals surface area contributed by atoms with Crippen molar-refractivity contribution >= 4 is 39.5 Å². The van der Waals surface area contributed by atoms with Crippen molar-refractivity contribution in [1.29, 1.82) is 0 Å². The lowest BCUT2D eigenvalue weighted by molar-refractivity contribution is -0.161. The van der Waals surface area contributed by atoms with Gasteiger partial charge in [0.15, 0.2) is 12.2 Å². The van der Waals surface area contributed by atoms with Gasteiger partial charge in [0, 0.05) is 19.3 Å². The molecule has 5 atom stereocenters. The molecular weight excluding hydrogens is 1260 g/mol. The second-order valence-electron chi connectivity index (χ2n) is 23.4. The van der Waals surface area contributed by atoms with E-state index in [0.717, 1.165) is 141 Å². The molecule has 0 saturated heterocycles. The summed E-state index contributed by atoms with van der Waals surface area (Å²) in [6, 6.07) is 0. The molecule has 0 heterocycles. The molecule has 5 unspecified atom stereocenters. The maximum atomic E-state index is 13.0. The average Bonchev–Trinajstić information content (AvgIpc) is 1.17. The highest BCUT2D eigenvalue weighted by Gasteiger charge is 2.30. The Morgan fingerprint density at radius 3 is 1.00 bits per heavy atom. The lowest BCUT2D eigenvalue weighted by Crippen LogP contribution is -2.30. The van der Waals surface area contributed by atoms with Gasteiger partial charge in [-0.05, 0) is 135 Å². The van der Waals surface area contributed by atoms with Crippen molar-refractivity contribution in [2.24, 2.45) is 0 Å². The summed E-state index contributed by atoms with van der Waals surface area (Å²) in [5.41, 5.74) is 0. The van der Waals surface area contributed by atoms with Crippen molar-refractivity contribution in [2.75, 3.05) is 39.6 Å². The minimum atomic E-state index is -5.00. The maximum absolute atomic E-state index is 13.0. The zero-order chi connectivity index (χ0) is 70.4. The molecule has 0 aliphatic heterocycles. The largest absolute Gasteiger partial charge is 0.472 e. The number of esters is 4. The third-order valence-electron chi connectivity index (χ3n) is 14.3. The smallest absolute Gasteiger partial charge is 0.462 e. The summed E-state index contributed by atoms with van der Waals surface area (Å²) in [6.07, 6.45) is 76.1. The molecule has 0 aliphatic rings. The van der Waals surface area contributed by atoms with Gasteiger partial charge in [0.1, 0.15) is 19.3 Å². The number of ether oxygens (including phenoxy) is 4. The Bertz CT molecular complexity index is 2400. The first-order valence-corrected chi connectivity index (χ1v) is 39.1. The van der Waals surface area contributed by atoms with E-state index >= 15 is 0 Å². The number of aliphatic hydroxyl groups excluding tert-OH is 1. The first-order chi connectivity index (χ1) is 46.7. The molecule has 0 spiro atoms. The molecule has 19 heteroatoms. The zero-order valence-electron chi connectivity index (χ0n) is 59.2. The van der Waals surface area contributed by atoms with Crippen molar-refractivity contribution in [3.8, 4) is 0 Å². The van der Waals surface area contributed by atoms with Crippen LogP contribution in [0, 0.1) is 0 Å². The number of phosphoric ester groups is 2. The Hall–Kier alpha value is -5.06. The Morgan fingerprint density at radius 1 is 0.312 bits per heavy atom. The Morgan fingerprint density at radius 2 is 0.604 bits per heavy atom. The second kappa shape index (κ2) is 68.5. The van der Waals surface area contributed by atoms with E-state index in [4.69, 9.17) is 37.0 Å². The van der Waals surface area contributed by atoms with Crippen molar-refractivity contribution in [1.82, 2.24) is 0 Å². The number of phosphoric acid groups is 2. The third-order valence-corrected chi connectivity index (χ3v) is 16.2. The summed E-state index contributed by atoms with van der Waals surface area (Å²) in [4.78, 5) is 72.5. The van der Waals surface area contributed by atoms with Gasteiger partial charge in [0.05, 0.1) is 32.8 Å². The van der Waals surface area contributed by atoms with Gasteiger partial charge < -0.3 is 33.8 Å². The van der Waals surface area contributed by atoms with E-state index in [-0.39, 0.29) is 25.7 Å². The molecule has 0 aliphatic carbocycles. The second-order valence-corrected chi connectivity index (χ2v) is 26.3. The number of aliphatic hydroxyl groups is 1. The topological polar surface area (TPSA) is 237 Å². The molecule has 3 N–H and O–H groups in total. The highest BCUT2D eigenvalue weighted by molar-refractivity contribution is 7.47. The Balaban J connectivity index is 5.45. The third kappa shape index (κ3) is 67.5. The van der Waals surface area contributed by atoms with Crippen LogP contribution in [0.2, 0.25) is 0 Å². The van der Waals surface area contributed by atoms with Crippen LogP contribution in [-0.4, -0.2) is 96.7 Å². The Labute approximate surface area is 579 Å². The van der Waals surface area contributed by atoms with Gasteiger partial charge in [-0.2, -0.15) is 0 Å². The van der Waals surface area contributed by atoms with E-state index in [1.54, 1.807) is 6.08 Å². The standard InChI is InChI=1S/C77H126O17P2/c1-5-9-13-17-21-25-29-32-34-35-37-40-43-46-50-54-58-62-75(80)88-68-73(94-77(82)64-60-56-52-48-44-38-31-27-23-19-15-11-7-3)70-92-96(85,86)90-66-71(78)65-89-95(83,84)91-69-72(93-76(81)63-59-55-51-47-41-28-24-20-16-12-8-4)67-87-74(79)61-57-53-49-45-42-39-36-33-30-26-22-18-14-10-6-2/h9-10,13-14,20-22,24-27,31-34,36-37,40,42,45-46,50,53,57,71-73,78H,5-8,11-12,15-19,23,28-30,35,38-39,41,43-44,47-49,51-52,54-56,58-70H2,1-4H3,(H,83,84)(H,85,86)/b13-9-,14-10-,24-20-,25-21-,26-22-,31-27-,34-32-,36-33-,40-37-,45-42-,50-46-,57-53-. The van der Waals surface area contributed by atoms with Crippen LogP contribution in [0.25, 0.3) is 0 Å². The molecule has 17 nitrogen and oxygen atoms in total. The predicted molar refractivity (Wildman–Crippen MR) is 390 cm³/mol. The lowest BCUT2D eigenvalue weighted by atomic mass is 10.1. The average molecular weight is 1390 g/mol. The van der Waals surface area contributed by atoms with Crippen molar-refractivity contribution in [3.05, 3.63) is 146 Å². The number of carbonyl (C=O) groups excluding carboxylic acids is 4. The quantitative estimate of drug-likeness (QED) is 0.0169. The van der Waals surface area contributed by atoms with Crippen LogP contribution in [-0.2, 0) is 65.4 Å². The fourth-order valence-corrected chi connectivity index (χ4v) is 10.4. The molecule has 0 rings (SSSR count). The van der Waals surface area contributed by atoms with Crippen LogP contribution < -0.4 is 0 Å². The lowest BCUT2D eigenvalue weighted by Gasteiger charge is -2.21. The molecule has 0 bridgehead atoms. The predicted octanol–water partition coefficient (Wildman–Crippen LogP) is 20.3. The van der Waals surface area contributed by atoms with E-state index in [1.165, 1.54) is 32.1 Å². The van der Waals surface area contributed by atoms with Gasteiger partial charge in [-0.25, -0.2) is 9.13 Å². The van der Waals surface area contributed by atoms with E-state index < -0.39 is 97.5 Å². The van der Waals surface area contributed by atoms with Gasteiger partial charge >= 0.3 is 39.5 Å². The molecule has 0 aromatic heterocycles. The van der Waals surface area contributed by atoms with Crippen molar-refractivity contribution in [3.63, 3.8) is 0 Å². The Kier molecular flexibility index (Phi) is 64.9. The molecular formula is C77H126O17P2. The first-order valence-electron chi connectivity index (χ1n) is 36.1. The van der Waals surface area contributed by atoms with E-state index in [0.29, 0.717) is 32.1 Å². The van der Waals surface area contributed by atoms with Gasteiger partial charge in [0.2, 0.25) is 0 Å². The normalized spacial score (nSPS) is 14.9. The monoisotopic (exact) mass is 1380 g/mol. The fraction of sp³-hybridized carbons (Fsp3) is 0.636. The maximum Gasteiger partial charge on any atom is 0.472 e. The summed E-state index contributed by atoms with van der Waals surface area (Å²) in [6.45, 7) is 4.35. The van der Waals surface area contributed by atoms with Crippen molar-refractivity contribution in [2.45, 2.75) is 277 Å². The van der Waals surface area contributed by atoms with Crippen LogP contribution in [0.1, 0.15) is 259 Å². The summed E-state index contributed by atoms with van der Waals surface area (Å²) in [5.74, 6) is -2.42. The zero-order valence-corrected chi connectivity index (χ0v) is 61.0. The minimum absolute atomic E-state index is 0.0597. The SMILES string of the molecule is CC/C=C\C/C=C\C/C=C\C/C=C\C/C=C\CCCC(=O)OCC(COP(=O)(O)OCC(O)COP(=O)(O)OCC(COC(=O)C/C=C\C/C=C\C/C=C\C/C=C\C/C=C\CC)OC(=O)CCCCCCC/C=C\CCCC)OC(=O)CCCCCCC/C=C\CCCCCC. The highest BCUT2D eigenvalue weighted by atomic mass is 31.2. The summed E-state index contributed by atoms with van der Waals surface area (Å²) in [5, 5.41) is 10.6. The molecule has 0 fully saturated rings. The molecule has 96 heavy (non-hydrogen) atoms. The summed E-state index contributed by atoms with van der Waals surface area (Å²) >= 11 is 0. The molecule has 0 aromatic carbocycles. The van der Waals surface area contributed by atoms with E-state index in [1.807, 2.05) is 30.4 Å². The molecule has 546 valence electrons. The molecule has 0 radical (unpaired) electrons. The number of unbranched alkanes of at least 4 members (excludes halogenated alkanes) is 17. The van der Waals surface area contributed by atoms with Gasteiger partial charge in [-0.15, -0.1) is 0 Å². The summed E-state index contributed by atoms with van der Waals surface area (Å²) in [7, 11) is -9.99. The number of allylic oxidation sites excluding steroid dienone is 23. The van der Waals surface area contributed by atoms with E-state index in [2.05, 4.69) is 137 Å². The number of hydrogen-bond acceptors (Lipinski definition) is 15. The van der Waals surface area contributed by atoms with Gasteiger partial charge in [-0.3, -0.25) is 37.3 Å². The van der Waals surface area contributed by atoms with Crippen molar-refractivity contribution < 1.29 is 80.2 Å². The molecule has 0 aromatic rings. The minimum Gasteiger partial charge on any atom is -0.462 e. The van der Waals surface area contributed by atoms with Crippen LogP contribution in [0.15, 0.2) is 146 Å². The van der Waals surface area contributed by atoms with Crippen LogP contribution in [0.3, 0.4) is 0 Å².